The summed E-state index contributed by atoms with van der Waals surface area (Å²) < 4.78 is 11.0. The number of rotatable bonds is 1. The minimum Gasteiger partial charge on any atom is -0.463 e. The number of Topliss-reactive ketones (excluding diaryl/α,β-unsaturated/α-hetero) is 1. The molecule has 1 heterocycles. The summed E-state index contributed by atoms with van der Waals surface area (Å²) in [5, 5.41) is 10.5. The molecule has 1 N–H and O–H groups in total. The van der Waals surface area contributed by atoms with E-state index < -0.39 is 17.2 Å². The van der Waals surface area contributed by atoms with E-state index in [4.69, 9.17) is 9.47 Å². The number of esters is 1. The van der Waals surface area contributed by atoms with Gasteiger partial charge in [-0.1, -0.05) is 27.7 Å². The normalized spacial score (nSPS) is 42.6. The highest BCUT2D eigenvalue weighted by atomic mass is 16.5. The fourth-order valence-corrected chi connectivity index (χ4v) is 4.22. The second kappa shape index (κ2) is 8.63. The van der Waals surface area contributed by atoms with Gasteiger partial charge < -0.3 is 14.6 Å². The molecule has 0 aromatic carbocycles. The maximum atomic E-state index is 12.7. The molecule has 6 atom stereocenters. The number of hydrogen-bond donors (Lipinski definition) is 1. The van der Waals surface area contributed by atoms with Crippen molar-refractivity contribution in [3.63, 3.8) is 0 Å². The third-order valence-electron chi connectivity index (χ3n) is 5.42. The molecule has 0 radical (unpaired) electrons. The van der Waals surface area contributed by atoms with Crippen molar-refractivity contribution in [2.24, 2.45) is 23.7 Å². The smallest absolute Gasteiger partial charge is 0.337 e. The third kappa shape index (κ3) is 6.37. The molecule has 0 aromatic rings. The van der Waals surface area contributed by atoms with Gasteiger partial charge in [0, 0.05) is 18.9 Å². The van der Waals surface area contributed by atoms with E-state index in [1.165, 1.54) is 6.92 Å². The molecule has 1 rings (SSSR count). The monoisotopic (exact) mass is 356 g/mol. The van der Waals surface area contributed by atoms with E-state index in [2.05, 4.69) is 0 Å². The van der Waals surface area contributed by atoms with Crippen molar-refractivity contribution in [2.75, 3.05) is 13.7 Å². The van der Waals surface area contributed by atoms with Gasteiger partial charge in [0.25, 0.3) is 0 Å². The summed E-state index contributed by atoms with van der Waals surface area (Å²) >= 11 is 0. The van der Waals surface area contributed by atoms with Crippen molar-refractivity contribution in [1.29, 1.82) is 0 Å². The zero-order valence-electron chi connectivity index (χ0n) is 16.9. The van der Waals surface area contributed by atoms with Gasteiger partial charge in [0.15, 0.2) is 5.60 Å². The molecule has 25 heavy (non-hydrogen) atoms. The maximum absolute atomic E-state index is 12.7. The summed E-state index contributed by atoms with van der Waals surface area (Å²) in [6.07, 6.45) is 2.27. The third-order valence-corrected chi connectivity index (χ3v) is 5.42. The molecule has 146 valence electrons. The van der Waals surface area contributed by atoms with Gasteiger partial charge in [-0.15, -0.1) is 0 Å². The van der Waals surface area contributed by atoms with E-state index in [1.54, 1.807) is 7.11 Å². The van der Waals surface area contributed by atoms with Crippen molar-refractivity contribution in [3.05, 3.63) is 0 Å². The predicted octanol–water partition coefficient (Wildman–Crippen LogP) is 3.37. The lowest BCUT2D eigenvalue weighted by Gasteiger charge is -2.36. The highest BCUT2D eigenvalue weighted by molar-refractivity contribution is 5.83. The molecule has 1 fully saturated rings. The molecule has 0 amide bonds. The maximum Gasteiger partial charge on any atom is 0.337 e. The number of carbonyl (C=O) groups is 2. The molecule has 0 aliphatic carbocycles. The Labute approximate surface area is 152 Å². The van der Waals surface area contributed by atoms with Crippen LogP contribution >= 0.6 is 0 Å². The minimum atomic E-state index is -1.51. The second-order valence-corrected chi connectivity index (χ2v) is 8.79. The van der Waals surface area contributed by atoms with Gasteiger partial charge in [-0.05, 0) is 51.4 Å². The standard InChI is InChI=1S/C20H36O5/c1-13-8-15(3)17(21)16(4)11-19(5,24-7)9-14(2)10-20(6,23)18(22)25-12-13/h13-16,23H,8-12H2,1-7H3. The molecule has 0 saturated carbocycles. The lowest BCUT2D eigenvalue weighted by atomic mass is 9.78. The van der Waals surface area contributed by atoms with E-state index >= 15 is 0 Å². The van der Waals surface area contributed by atoms with Crippen LogP contribution in [-0.4, -0.2) is 41.8 Å². The average molecular weight is 357 g/mol. The van der Waals surface area contributed by atoms with Gasteiger partial charge >= 0.3 is 5.97 Å². The first-order valence-electron chi connectivity index (χ1n) is 9.38. The average Bonchev–Trinajstić information content (AvgIpc) is 2.49. The van der Waals surface area contributed by atoms with Crippen LogP contribution in [0.1, 0.15) is 67.2 Å². The van der Waals surface area contributed by atoms with Crippen LogP contribution < -0.4 is 0 Å². The molecule has 6 unspecified atom stereocenters. The van der Waals surface area contributed by atoms with Gasteiger partial charge in [-0.2, -0.15) is 0 Å². The van der Waals surface area contributed by atoms with Crippen molar-refractivity contribution in [1.82, 2.24) is 0 Å². The summed E-state index contributed by atoms with van der Waals surface area (Å²) in [6, 6.07) is 0. The zero-order valence-corrected chi connectivity index (χ0v) is 16.9. The number of ketones is 1. The number of hydrogen-bond acceptors (Lipinski definition) is 5. The largest absolute Gasteiger partial charge is 0.463 e. The first kappa shape index (κ1) is 22.1. The second-order valence-electron chi connectivity index (χ2n) is 8.79. The Morgan fingerprint density at radius 3 is 2.16 bits per heavy atom. The molecule has 0 bridgehead atoms. The number of methoxy groups -OCH3 is 1. The number of ether oxygens (including phenoxy) is 2. The Bertz CT molecular complexity index is 473. The SMILES string of the molecule is COC1(C)CC(C)CC(C)(O)C(=O)OCC(C)CC(C)C(=O)C(C)C1. The summed E-state index contributed by atoms with van der Waals surface area (Å²) in [4.78, 5) is 25.0. The van der Waals surface area contributed by atoms with E-state index in [0.717, 1.165) is 0 Å². The van der Waals surface area contributed by atoms with Gasteiger partial charge in [-0.25, -0.2) is 4.79 Å². The van der Waals surface area contributed by atoms with Crippen LogP contribution in [-0.2, 0) is 19.1 Å². The Morgan fingerprint density at radius 2 is 1.60 bits per heavy atom. The zero-order chi connectivity index (χ0) is 19.4. The van der Waals surface area contributed by atoms with Crippen LogP contribution in [0.15, 0.2) is 0 Å². The molecule has 1 saturated heterocycles. The van der Waals surface area contributed by atoms with Crippen LogP contribution in [0.5, 0.6) is 0 Å². The van der Waals surface area contributed by atoms with Gasteiger partial charge in [0.1, 0.15) is 5.78 Å². The number of aliphatic hydroxyl groups is 1. The van der Waals surface area contributed by atoms with Crippen LogP contribution in [0.2, 0.25) is 0 Å². The van der Waals surface area contributed by atoms with Gasteiger partial charge in [0.2, 0.25) is 0 Å². The van der Waals surface area contributed by atoms with Crippen molar-refractivity contribution in [2.45, 2.75) is 78.4 Å². The molecule has 1 aliphatic heterocycles. The van der Waals surface area contributed by atoms with Crippen LogP contribution in [0, 0.1) is 23.7 Å². The van der Waals surface area contributed by atoms with Crippen LogP contribution in [0.4, 0.5) is 0 Å². The van der Waals surface area contributed by atoms with E-state index in [9.17, 15) is 14.7 Å². The van der Waals surface area contributed by atoms with Crippen molar-refractivity contribution in [3.8, 4) is 0 Å². The predicted molar refractivity (Wildman–Crippen MR) is 97.1 cm³/mol. The Kier molecular flexibility index (Phi) is 7.63. The molecule has 1 aliphatic rings. The Morgan fingerprint density at radius 1 is 1.00 bits per heavy atom. The fraction of sp³-hybridized carbons (Fsp3) is 0.900. The molecule has 0 aromatic heterocycles. The van der Waals surface area contributed by atoms with Crippen molar-refractivity contribution >= 4 is 11.8 Å². The first-order chi connectivity index (χ1) is 11.4. The number of carbonyl (C=O) groups excluding carboxylic acids is 2. The summed E-state index contributed by atoms with van der Waals surface area (Å²) in [5.41, 5.74) is -1.98. The Hall–Kier alpha value is -0.940. The lowest BCUT2D eigenvalue weighted by molar-refractivity contribution is -0.167. The van der Waals surface area contributed by atoms with E-state index in [1.807, 2.05) is 34.6 Å². The minimum absolute atomic E-state index is 0.0487. The topological polar surface area (TPSA) is 72.8 Å². The molecular formula is C20H36O5. The quantitative estimate of drug-likeness (QED) is 0.729. The molecule has 5 nitrogen and oxygen atoms in total. The number of cyclic esters (lactones) is 1. The van der Waals surface area contributed by atoms with Crippen molar-refractivity contribution < 1.29 is 24.2 Å². The van der Waals surface area contributed by atoms with Crippen LogP contribution in [0.3, 0.4) is 0 Å². The van der Waals surface area contributed by atoms with E-state index in [0.29, 0.717) is 25.7 Å². The summed E-state index contributed by atoms with van der Waals surface area (Å²) in [5.74, 6) is -0.420. The highest BCUT2D eigenvalue weighted by Gasteiger charge is 2.38. The van der Waals surface area contributed by atoms with Crippen LogP contribution in [0.25, 0.3) is 0 Å². The molecule has 0 spiro atoms. The van der Waals surface area contributed by atoms with Gasteiger partial charge in [-0.3, -0.25) is 4.79 Å². The Balaban J connectivity index is 3.06. The van der Waals surface area contributed by atoms with Gasteiger partial charge in [0.05, 0.1) is 12.2 Å². The summed E-state index contributed by atoms with van der Waals surface area (Å²) in [7, 11) is 1.66. The first-order valence-corrected chi connectivity index (χ1v) is 9.38. The highest BCUT2D eigenvalue weighted by Crippen LogP contribution is 2.33. The molecular weight excluding hydrogens is 320 g/mol. The lowest BCUT2D eigenvalue weighted by Crippen LogP contribution is -2.42. The summed E-state index contributed by atoms with van der Waals surface area (Å²) in [6.45, 7) is 11.6. The molecule has 5 heteroatoms. The van der Waals surface area contributed by atoms with E-state index in [-0.39, 0.29) is 36.1 Å². The fourth-order valence-electron chi connectivity index (χ4n) is 4.22.